The lowest BCUT2D eigenvalue weighted by atomic mass is 10.2. The van der Waals surface area contributed by atoms with Crippen molar-refractivity contribution in [1.82, 2.24) is 19.7 Å². The molecule has 0 amide bonds. The first-order valence-corrected chi connectivity index (χ1v) is 6.81. The van der Waals surface area contributed by atoms with Gasteiger partial charge in [0, 0.05) is 12.1 Å². The topological polar surface area (TPSA) is 54.2 Å². The van der Waals surface area contributed by atoms with Gasteiger partial charge in [-0.15, -0.1) is 10.2 Å². The van der Waals surface area contributed by atoms with Gasteiger partial charge in [-0.25, -0.2) is 0 Å². The summed E-state index contributed by atoms with van der Waals surface area (Å²) in [5.41, 5.74) is 1.07. The fourth-order valence-electron chi connectivity index (χ4n) is 1.99. The van der Waals surface area contributed by atoms with E-state index in [1.54, 1.807) is 11.8 Å². The molecule has 0 spiro atoms. The molecule has 1 N–H and O–H groups in total. The maximum Gasteiger partial charge on any atom is 0.193 e. The van der Waals surface area contributed by atoms with Gasteiger partial charge in [-0.05, 0) is 0 Å². The highest BCUT2D eigenvalue weighted by Gasteiger charge is 2.21. The van der Waals surface area contributed by atoms with E-state index in [0.29, 0.717) is 6.54 Å². The predicted octanol–water partition coefficient (Wildman–Crippen LogP) is 1.26. The summed E-state index contributed by atoms with van der Waals surface area (Å²) in [5, 5.41) is 18.4. The molecule has 0 fully saturated rings. The number of β-amino-alcohol motifs (C(OH)–C–C–N with tert-alkyl or cyclic N) is 1. The molecule has 3 rings (SSSR count). The lowest BCUT2D eigenvalue weighted by Crippen LogP contribution is -2.32. The molecule has 1 aliphatic heterocycles. The number of aliphatic hydroxyl groups is 1. The van der Waals surface area contributed by atoms with E-state index in [1.165, 1.54) is 0 Å². The van der Waals surface area contributed by atoms with Crippen molar-refractivity contribution in [3.63, 3.8) is 0 Å². The fourth-order valence-corrected chi connectivity index (χ4v) is 2.90. The summed E-state index contributed by atoms with van der Waals surface area (Å²) in [4.78, 5) is 2.17. The summed E-state index contributed by atoms with van der Waals surface area (Å²) in [6.45, 7) is 1.59. The standard InChI is InChI=1S/C12H14N4OS/c17-7-6-15-8-16-11(10-4-2-1-3-5-10)13-14-12(16)18-9-15/h1-5,17H,6-9H2. The van der Waals surface area contributed by atoms with E-state index in [1.807, 2.05) is 30.3 Å². The Morgan fingerprint density at radius 1 is 1.22 bits per heavy atom. The molecule has 5 nitrogen and oxygen atoms in total. The average Bonchev–Trinajstić information content (AvgIpc) is 2.83. The molecule has 2 heterocycles. The third kappa shape index (κ3) is 2.14. The van der Waals surface area contributed by atoms with Crippen LogP contribution in [-0.4, -0.2) is 43.8 Å². The second-order valence-electron chi connectivity index (χ2n) is 4.13. The molecule has 0 aliphatic carbocycles. The number of benzene rings is 1. The van der Waals surface area contributed by atoms with Crippen molar-refractivity contribution < 1.29 is 5.11 Å². The van der Waals surface area contributed by atoms with Gasteiger partial charge in [0.05, 0.1) is 19.2 Å². The maximum absolute atomic E-state index is 9.01. The lowest BCUT2D eigenvalue weighted by Gasteiger charge is -2.26. The lowest BCUT2D eigenvalue weighted by molar-refractivity contribution is 0.178. The highest BCUT2D eigenvalue weighted by molar-refractivity contribution is 7.99. The van der Waals surface area contributed by atoms with E-state index in [0.717, 1.165) is 29.1 Å². The monoisotopic (exact) mass is 262 g/mol. The molecule has 18 heavy (non-hydrogen) atoms. The third-order valence-corrected chi connectivity index (χ3v) is 3.94. The van der Waals surface area contributed by atoms with Gasteiger partial charge < -0.3 is 5.11 Å². The molecule has 0 unspecified atom stereocenters. The van der Waals surface area contributed by atoms with Crippen molar-refractivity contribution in [2.45, 2.75) is 11.8 Å². The number of nitrogens with zero attached hydrogens (tertiary/aromatic N) is 4. The summed E-state index contributed by atoms with van der Waals surface area (Å²) in [6, 6.07) is 10.1. The largest absolute Gasteiger partial charge is 0.395 e. The van der Waals surface area contributed by atoms with E-state index in [9.17, 15) is 0 Å². The Kier molecular flexibility index (Phi) is 3.31. The number of hydrogen-bond donors (Lipinski definition) is 1. The molecule has 94 valence electrons. The number of thioether (sulfide) groups is 1. The Hall–Kier alpha value is -1.37. The molecule has 1 aromatic heterocycles. The molecule has 0 atom stereocenters. The second kappa shape index (κ2) is 5.09. The van der Waals surface area contributed by atoms with Gasteiger partial charge in [-0.1, -0.05) is 42.1 Å². The van der Waals surface area contributed by atoms with Crippen molar-refractivity contribution >= 4 is 11.8 Å². The first-order chi connectivity index (χ1) is 8.88. The molecule has 0 bridgehead atoms. The van der Waals surface area contributed by atoms with Gasteiger partial charge in [0.15, 0.2) is 11.0 Å². The van der Waals surface area contributed by atoms with E-state index >= 15 is 0 Å². The van der Waals surface area contributed by atoms with Crippen LogP contribution in [0.15, 0.2) is 35.5 Å². The van der Waals surface area contributed by atoms with Crippen LogP contribution in [0.25, 0.3) is 11.4 Å². The Bertz CT molecular complexity index is 528. The van der Waals surface area contributed by atoms with Gasteiger partial charge in [0.1, 0.15) is 0 Å². The maximum atomic E-state index is 9.01. The van der Waals surface area contributed by atoms with Crippen LogP contribution in [0.4, 0.5) is 0 Å². The zero-order valence-corrected chi connectivity index (χ0v) is 10.7. The number of fused-ring (bicyclic) bond motifs is 1. The molecule has 1 aliphatic rings. The Labute approximate surface area is 109 Å². The minimum absolute atomic E-state index is 0.179. The van der Waals surface area contributed by atoms with Crippen LogP contribution >= 0.6 is 11.8 Å². The quantitative estimate of drug-likeness (QED) is 0.902. The van der Waals surface area contributed by atoms with Crippen LogP contribution in [-0.2, 0) is 6.67 Å². The first kappa shape index (κ1) is 11.7. The van der Waals surface area contributed by atoms with Crippen molar-refractivity contribution in [2.24, 2.45) is 0 Å². The fraction of sp³-hybridized carbons (Fsp3) is 0.333. The van der Waals surface area contributed by atoms with E-state index < -0.39 is 0 Å². The SMILES string of the molecule is OCCN1CSc2nnc(-c3ccccc3)n2C1. The zero-order chi connectivity index (χ0) is 12.4. The minimum atomic E-state index is 0.179. The van der Waals surface area contributed by atoms with Crippen molar-refractivity contribution in [2.75, 3.05) is 19.0 Å². The highest BCUT2D eigenvalue weighted by atomic mass is 32.2. The minimum Gasteiger partial charge on any atom is -0.395 e. The van der Waals surface area contributed by atoms with E-state index in [2.05, 4.69) is 19.7 Å². The van der Waals surface area contributed by atoms with Crippen LogP contribution in [0.2, 0.25) is 0 Å². The average molecular weight is 262 g/mol. The van der Waals surface area contributed by atoms with Crippen molar-refractivity contribution in [3.8, 4) is 11.4 Å². The highest BCUT2D eigenvalue weighted by Crippen LogP contribution is 2.28. The summed E-state index contributed by atoms with van der Waals surface area (Å²) >= 11 is 1.66. The van der Waals surface area contributed by atoms with Gasteiger partial charge in [0.25, 0.3) is 0 Å². The number of rotatable bonds is 3. The Morgan fingerprint density at radius 3 is 2.83 bits per heavy atom. The first-order valence-electron chi connectivity index (χ1n) is 5.83. The Balaban J connectivity index is 1.93. The molecule has 0 saturated carbocycles. The van der Waals surface area contributed by atoms with Gasteiger partial charge >= 0.3 is 0 Å². The molecular formula is C12H14N4OS. The normalized spacial score (nSPS) is 15.6. The van der Waals surface area contributed by atoms with Crippen molar-refractivity contribution in [1.29, 1.82) is 0 Å². The van der Waals surface area contributed by atoms with Crippen LogP contribution < -0.4 is 0 Å². The summed E-state index contributed by atoms with van der Waals surface area (Å²) in [7, 11) is 0. The number of aliphatic hydroxyl groups excluding tert-OH is 1. The predicted molar refractivity (Wildman–Crippen MR) is 70.0 cm³/mol. The van der Waals surface area contributed by atoms with E-state index in [-0.39, 0.29) is 6.61 Å². The molecule has 6 heteroatoms. The van der Waals surface area contributed by atoms with Crippen molar-refractivity contribution in [3.05, 3.63) is 30.3 Å². The summed E-state index contributed by atoms with van der Waals surface area (Å²) in [6.07, 6.45) is 0. The van der Waals surface area contributed by atoms with Crippen LogP contribution in [0.5, 0.6) is 0 Å². The summed E-state index contributed by atoms with van der Waals surface area (Å²) < 4.78 is 2.10. The van der Waals surface area contributed by atoms with E-state index in [4.69, 9.17) is 5.11 Å². The molecule has 1 aromatic carbocycles. The molecular weight excluding hydrogens is 248 g/mol. The molecule has 2 aromatic rings. The molecule has 0 saturated heterocycles. The van der Waals surface area contributed by atoms with Gasteiger partial charge in [-0.3, -0.25) is 9.47 Å². The number of aromatic nitrogens is 3. The van der Waals surface area contributed by atoms with Crippen LogP contribution in [0, 0.1) is 0 Å². The summed E-state index contributed by atoms with van der Waals surface area (Å²) in [5.74, 6) is 1.74. The van der Waals surface area contributed by atoms with Crippen LogP contribution in [0.1, 0.15) is 0 Å². The van der Waals surface area contributed by atoms with Gasteiger partial charge in [-0.2, -0.15) is 0 Å². The smallest absolute Gasteiger partial charge is 0.193 e. The third-order valence-electron chi connectivity index (χ3n) is 2.88. The van der Waals surface area contributed by atoms with Gasteiger partial charge in [0.2, 0.25) is 0 Å². The zero-order valence-electron chi connectivity index (χ0n) is 9.86. The Morgan fingerprint density at radius 2 is 2.06 bits per heavy atom. The van der Waals surface area contributed by atoms with Crippen LogP contribution in [0.3, 0.4) is 0 Å². The molecule has 0 radical (unpaired) electrons. The number of hydrogen-bond acceptors (Lipinski definition) is 5. The second-order valence-corrected chi connectivity index (χ2v) is 5.05.